The number of ether oxygens (including phenoxy) is 2. The van der Waals surface area contributed by atoms with E-state index in [1.165, 1.54) is 9.47 Å². The summed E-state index contributed by atoms with van der Waals surface area (Å²) >= 11 is 0. The number of halogens is 2. The second kappa shape index (κ2) is 10.8. The van der Waals surface area contributed by atoms with Crippen molar-refractivity contribution in [2.24, 2.45) is 0 Å². The molecule has 1 aliphatic carbocycles. The lowest BCUT2D eigenvalue weighted by Gasteiger charge is -2.40. The van der Waals surface area contributed by atoms with Crippen LogP contribution in [0.4, 0.5) is 20.4 Å². The quantitative estimate of drug-likeness (QED) is 0.422. The topological polar surface area (TPSA) is 128 Å². The number of amides is 2. The van der Waals surface area contributed by atoms with Gasteiger partial charge in [-0.15, -0.1) is 0 Å². The number of methoxy groups -OCH3 is 1. The minimum absolute atomic E-state index is 0.0341. The van der Waals surface area contributed by atoms with Crippen molar-refractivity contribution >= 4 is 35.0 Å². The molecule has 13 heteroatoms. The summed E-state index contributed by atoms with van der Waals surface area (Å²) < 4.78 is 39.8. The van der Waals surface area contributed by atoms with Gasteiger partial charge in [-0.05, 0) is 31.4 Å². The number of pyridine rings is 1. The van der Waals surface area contributed by atoms with Gasteiger partial charge in [0, 0.05) is 38.4 Å². The molecule has 2 aromatic heterocycles. The second-order valence-corrected chi connectivity index (χ2v) is 9.17. The molecule has 3 atom stereocenters. The Bertz CT molecular complexity index is 1430. The normalized spacial score (nSPS) is 20.9. The van der Waals surface area contributed by atoms with Crippen molar-refractivity contribution < 1.29 is 27.8 Å². The Kier molecular flexibility index (Phi) is 7.29. The Labute approximate surface area is 215 Å². The summed E-state index contributed by atoms with van der Waals surface area (Å²) in [6.07, 6.45) is 3.39. The number of fused-ring (bicyclic) bond motifs is 2. The minimum atomic E-state index is -1.05. The molecule has 0 bridgehead atoms. The summed E-state index contributed by atoms with van der Waals surface area (Å²) in [5.74, 6) is -1.32. The van der Waals surface area contributed by atoms with Crippen LogP contribution in [0.5, 0.6) is 5.75 Å². The summed E-state index contributed by atoms with van der Waals surface area (Å²) in [6.45, 7) is 0.538. The fraction of sp³-hybridized carbons (Fsp3) is 0.400. The second-order valence-electron chi connectivity index (χ2n) is 9.17. The summed E-state index contributed by atoms with van der Waals surface area (Å²) in [5.41, 5.74) is 0.00122. The van der Waals surface area contributed by atoms with E-state index in [1.807, 2.05) is 0 Å². The van der Waals surface area contributed by atoms with Crippen LogP contribution in [0.15, 0.2) is 35.3 Å². The lowest BCUT2D eigenvalue weighted by atomic mass is 9.87. The van der Waals surface area contributed by atoms with Gasteiger partial charge in [0.25, 0.3) is 11.5 Å². The maximum Gasteiger partial charge on any atom is 0.269 e. The van der Waals surface area contributed by atoms with Crippen molar-refractivity contribution in [3.8, 4) is 5.75 Å². The van der Waals surface area contributed by atoms with Crippen LogP contribution in [0, 0.1) is 11.6 Å². The smallest absolute Gasteiger partial charge is 0.269 e. The maximum absolute atomic E-state index is 13.8. The van der Waals surface area contributed by atoms with Crippen LogP contribution in [0.2, 0.25) is 0 Å². The Hall–Kier alpha value is -3.97. The number of carbonyl (C=O) groups is 2. The third-order valence-corrected chi connectivity index (χ3v) is 6.91. The van der Waals surface area contributed by atoms with Gasteiger partial charge in [-0.1, -0.05) is 0 Å². The monoisotopic (exact) mass is 528 g/mol. The highest BCUT2D eigenvalue weighted by Gasteiger charge is 2.35. The highest BCUT2D eigenvalue weighted by Crippen LogP contribution is 2.32. The van der Waals surface area contributed by atoms with Crippen LogP contribution < -0.4 is 25.8 Å². The average molecular weight is 529 g/mol. The van der Waals surface area contributed by atoms with Gasteiger partial charge in [-0.3, -0.25) is 19.3 Å². The van der Waals surface area contributed by atoms with E-state index < -0.39 is 17.2 Å². The minimum Gasteiger partial charge on any atom is -0.480 e. The van der Waals surface area contributed by atoms with Gasteiger partial charge in [0.1, 0.15) is 5.82 Å². The third kappa shape index (κ3) is 5.07. The molecule has 3 unspecified atom stereocenters. The molecule has 2 amide bonds. The number of aromatic nitrogens is 3. The van der Waals surface area contributed by atoms with Gasteiger partial charge in [-0.2, -0.15) is 0 Å². The first-order valence-electron chi connectivity index (χ1n) is 12.2. The molecule has 1 saturated carbocycles. The highest BCUT2D eigenvalue weighted by molar-refractivity contribution is 5.94. The molecule has 3 heterocycles. The van der Waals surface area contributed by atoms with Crippen molar-refractivity contribution in [3.63, 3.8) is 0 Å². The van der Waals surface area contributed by atoms with Crippen LogP contribution >= 0.6 is 0 Å². The van der Waals surface area contributed by atoms with E-state index >= 15 is 0 Å². The van der Waals surface area contributed by atoms with Crippen LogP contribution in [-0.2, 0) is 20.9 Å². The molecule has 1 aliphatic heterocycles. The van der Waals surface area contributed by atoms with Gasteiger partial charge in [-0.25, -0.2) is 18.7 Å². The molecule has 1 fully saturated rings. The zero-order valence-corrected chi connectivity index (χ0v) is 20.5. The Morgan fingerprint density at radius 2 is 2.08 bits per heavy atom. The van der Waals surface area contributed by atoms with Crippen LogP contribution in [0.3, 0.4) is 0 Å². The zero-order chi connectivity index (χ0) is 26.8. The van der Waals surface area contributed by atoms with Gasteiger partial charge in [0.05, 0.1) is 29.4 Å². The maximum atomic E-state index is 13.8. The van der Waals surface area contributed by atoms with Crippen molar-refractivity contribution in [3.05, 3.63) is 52.5 Å². The van der Waals surface area contributed by atoms with E-state index in [9.17, 15) is 23.2 Å². The van der Waals surface area contributed by atoms with E-state index in [0.717, 1.165) is 18.3 Å². The number of rotatable bonds is 8. The molecule has 11 nitrogen and oxygen atoms in total. The van der Waals surface area contributed by atoms with Crippen molar-refractivity contribution in [2.75, 3.05) is 30.5 Å². The molecule has 0 radical (unpaired) electrons. The molecule has 3 aromatic rings. The van der Waals surface area contributed by atoms with E-state index in [1.54, 1.807) is 19.2 Å². The predicted octanol–water partition coefficient (Wildman–Crippen LogP) is 1.59. The highest BCUT2D eigenvalue weighted by atomic mass is 19.2. The zero-order valence-electron chi connectivity index (χ0n) is 20.5. The molecule has 38 heavy (non-hydrogen) atoms. The van der Waals surface area contributed by atoms with Crippen LogP contribution in [-0.4, -0.2) is 65.3 Å². The summed E-state index contributed by atoms with van der Waals surface area (Å²) in [7, 11) is 1.58. The Morgan fingerprint density at radius 3 is 2.87 bits per heavy atom. The Balaban J connectivity index is 1.24. The van der Waals surface area contributed by atoms with Crippen molar-refractivity contribution in [1.82, 2.24) is 19.9 Å². The third-order valence-electron chi connectivity index (χ3n) is 6.91. The number of benzene rings is 1. The number of hydrogen-bond acceptors (Lipinski definition) is 8. The summed E-state index contributed by atoms with van der Waals surface area (Å²) in [4.78, 5) is 45.9. The molecule has 1 aromatic carbocycles. The van der Waals surface area contributed by atoms with Gasteiger partial charge in [0.15, 0.2) is 29.8 Å². The molecule has 2 N–H and O–H groups in total. The standard InChI is InChI=1S/C25H26F2N6O5/c1-37-21-8-14(28-6-7-32-19-10-16(27)15(26)9-17(19)29-11-24(32)36)2-3-18(21)33(13-34)22-5-4-20-25(30-22)31-23(35)12-38-20/h4-5,9-11,13-14,18,21,28H,2-3,6-8,12H2,1H3,(H,30,31,35). The van der Waals surface area contributed by atoms with Crippen molar-refractivity contribution in [1.29, 1.82) is 0 Å². The Morgan fingerprint density at radius 1 is 1.26 bits per heavy atom. The van der Waals surface area contributed by atoms with Gasteiger partial charge in [0.2, 0.25) is 6.41 Å². The molecule has 0 saturated heterocycles. The van der Waals surface area contributed by atoms with Crippen LogP contribution in [0.1, 0.15) is 19.3 Å². The van der Waals surface area contributed by atoms with Crippen LogP contribution in [0.25, 0.3) is 11.0 Å². The summed E-state index contributed by atoms with van der Waals surface area (Å²) in [6, 6.07) is 5.01. The fourth-order valence-corrected chi connectivity index (χ4v) is 5.04. The van der Waals surface area contributed by atoms with Gasteiger partial charge >= 0.3 is 0 Å². The lowest BCUT2D eigenvalue weighted by molar-refractivity contribution is -0.118. The molecule has 0 spiro atoms. The largest absolute Gasteiger partial charge is 0.480 e. The van der Waals surface area contributed by atoms with E-state index in [-0.39, 0.29) is 54.1 Å². The number of nitrogens with zero attached hydrogens (tertiary/aromatic N) is 4. The number of carbonyl (C=O) groups excluding carboxylic acids is 2. The number of nitrogens with one attached hydrogen (secondary N) is 2. The first kappa shape index (κ1) is 25.7. The van der Waals surface area contributed by atoms with E-state index in [2.05, 4.69) is 20.6 Å². The van der Waals surface area contributed by atoms with E-state index in [0.29, 0.717) is 43.8 Å². The summed E-state index contributed by atoms with van der Waals surface area (Å²) in [5, 5.41) is 6.05. The average Bonchev–Trinajstić information content (AvgIpc) is 2.91. The lowest BCUT2D eigenvalue weighted by Crippen LogP contribution is -2.52. The SMILES string of the molecule is COC1CC(NCCn2c(=O)cnc3cc(F)c(F)cc32)CCC1N(C=O)c1ccc2c(n1)NC(=O)CO2. The predicted molar refractivity (Wildman–Crippen MR) is 133 cm³/mol. The first-order chi connectivity index (χ1) is 18.4. The molecular formula is C25H26F2N6O5. The first-order valence-corrected chi connectivity index (χ1v) is 12.2. The van der Waals surface area contributed by atoms with Crippen molar-refractivity contribution in [2.45, 2.75) is 44.0 Å². The molecule has 200 valence electrons. The molecule has 5 rings (SSSR count). The number of hydrogen-bond donors (Lipinski definition) is 2. The number of anilines is 2. The van der Waals surface area contributed by atoms with E-state index in [4.69, 9.17) is 9.47 Å². The van der Waals surface area contributed by atoms with Gasteiger partial charge < -0.3 is 24.7 Å². The fourth-order valence-electron chi connectivity index (χ4n) is 5.04. The molecule has 2 aliphatic rings. The molecular weight excluding hydrogens is 502 g/mol.